The number of H-pyrrole nitrogens is 2. The van der Waals surface area contributed by atoms with Crippen LogP contribution in [0.2, 0.25) is 0 Å². The monoisotopic (exact) mass is 435 g/mol. The topological polar surface area (TPSA) is 94.1 Å². The summed E-state index contributed by atoms with van der Waals surface area (Å²) in [4.78, 5) is 27.1. The maximum atomic E-state index is 11.5. The summed E-state index contributed by atoms with van der Waals surface area (Å²) in [5.41, 5.74) is 3.42. The molecule has 0 aromatic carbocycles. The van der Waals surface area contributed by atoms with Gasteiger partial charge in [0.15, 0.2) is 5.65 Å². The highest BCUT2D eigenvalue weighted by Gasteiger charge is 2.24. The second kappa shape index (κ2) is 7.65. The Morgan fingerprint density at radius 2 is 2.10 bits per heavy atom. The quantitative estimate of drug-likeness (QED) is 0.414. The van der Waals surface area contributed by atoms with Crippen molar-refractivity contribution in [3.63, 3.8) is 0 Å². The first kappa shape index (κ1) is 18.8. The van der Waals surface area contributed by atoms with E-state index in [9.17, 15) is 4.79 Å². The molecular formula is C22H25N7OS. The maximum Gasteiger partial charge on any atom is 0.323 e. The van der Waals surface area contributed by atoms with Gasteiger partial charge in [-0.2, -0.15) is 9.61 Å². The van der Waals surface area contributed by atoms with Gasteiger partial charge in [0, 0.05) is 47.4 Å². The summed E-state index contributed by atoms with van der Waals surface area (Å²) < 4.78 is 1.89. The highest BCUT2D eigenvalue weighted by Crippen LogP contribution is 2.33. The van der Waals surface area contributed by atoms with Crippen molar-refractivity contribution in [1.29, 1.82) is 0 Å². The second-order valence-corrected chi connectivity index (χ2v) is 9.71. The van der Waals surface area contributed by atoms with Crippen molar-refractivity contribution in [2.24, 2.45) is 0 Å². The van der Waals surface area contributed by atoms with E-state index in [1.165, 1.54) is 48.5 Å². The molecule has 6 rings (SSSR count). The fourth-order valence-corrected chi connectivity index (χ4v) is 5.24. The first-order valence-corrected chi connectivity index (χ1v) is 11.8. The first-order chi connectivity index (χ1) is 15.2. The Balaban J connectivity index is 1.36. The number of imidazole rings is 1. The molecule has 0 amide bonds. The molecule has 0 spiro atoms. The van der Waals surface area contributed by atoms with Gasteiger partial charge in [-0.3, -0.25) is 4.90 Å². The predicted molar refractivity (Wildman–Crippen MR) is 122 cm³/mol. The lowest BCUT2D eigenvalue weighted by Gasteiger charge is -2.12. The smallest absolute Gasteiger partial charge is 0.323 e. The van der Waals surface area contributed by atoms with Gasteiger partial charge in [0.05, 0.1) is 16.8 Å². The van der Waals surface area contributed by atoms with E-state index in [0.29, 0.717) is 12.5 Å². The number of likely N-dealkylation sites (tertiary alicyclic amines) is 1. The summed E-state index contributed by atoms with van der Waals surface area (Å²) in [6, 6.07) is 7.06. The van der Waals surface area contributed by atoms with E-state index in [4.69, 9.17) is 4.98 Å². The third-order valence-corrected chi connectivity index (χ3v) is 7.09. The van der Waals surface area contributed by atoms with Gasteiger partial charge in [0.25, 0.3) is 0 Å². The van der Waals surface area contributed by atoms with Crippen molar-refractivity contribution >= 4 is 22.8 Å². The molecule has 0 bridgehead atoms. The van der Waals surface area contributed by atoms with Crippen LogP contribution in [0.3, 0.4) is 0 Å². The average molecular weight is 436 g/mol. The molecule has 4 aromatic heterocycles. The number of aromatic amines is 2. The minimum Gasteiger partial charge on any atom is -0.367 e. The van der Waals surface area contributed by atoms with E-state index in [0.717, 1.165) is 35.0 Å². The Kier molecular flexibility index (Phi) is 4.65. The van der Waals surface area contributed by atoms with Crippen molar-refractivity contribution in [2.75, 3.05) is 18.4 Å². The molecule has 0 unspecified atom stereocenters. The van der Waals surface area contributed by atoms with Crippen LogP contribution >= 0.6 is 11.3 Å². The van der Waals surface area contributed by atoms with E-state index in [-0.39, 0.29) is 5.69 Å². The summed E-state index contributed by atoms with van der Waals surface area (Å²) in [6.45, 7) is 3.43. The molecule has 160 valence electrons. The number of fused-ring (bicyclic) bond motifs is 1. The van der Waals surface area contributed by atoms with Crippen molar-refractivity contribution in [3.8, 4) is 10.6 Å². The summed E-state index contributed by atoms with van der Waals surface area (Å²) in [5.74, 6) is 0.978. The third-order valence-electron chi connectivity index (χ3n) is 6.00. The van der Waals surface area contributed by atoms with Crippen LogP contribution in [0.4, 0.5) is 5.82 Å². The second-order valence-electron chi connectivity index (χ2n) is 8.54. The van der Waals surface area contributed by atoms with Gasteiger partial charge >= 0.3 is 5.69 Å². The van der Waals surface area contributed by atoms with Crippen molar-refractivity contribution in [2.45, 2.75) is 44.7 Å². The van der Waals surface area contributed by atoms with Crippen LogP contribution in [0, 0.1) is 0 Å². The van der Waals surface area contributed by atoms with E-state index < -0.39 is 0 Å². The molecule has 0 radical (unpaired) electrons. The molecule has 1 aliphatic carbocycles. The molecular weight excluding hydrogens is 410 g/mol. The van der Waals surface area contributed by atoms with Crippen LogP contribution in [0.5, 0.6) is 0 Å². The van der Waals surface area contributed by atoms with Crippen LogP contribution in [-0.4, -0.2) is 48.6 Å². The molecule has 2 aliphatic rings. The molecule has 1 saturated carbocycles. The first-order valence-electron chi connectivity index (χ1n) is 10.9. The van der Waals surface area contributed by atoms with Crippen molar-refractivity contribution in [3.05, 3.63) is 57.2 Å². The van der Waals surface area contributed by atoms with Crippen LogP contribution in [0.1, 0.15) is 41.8 Å². The molecule has 31 heavy (non-hydrogen) atoms. The normalized spacial score (nSPS) is 17.0. The van der Waals surface area contributed by atoms with E-state index in [2.05, 4.69) is 43.5 Å². The predicted octanol–water partition coefficient (Wildman–Crippen LogP) is 3.24. The number of anilines is 1. The number of hydrogen-bond acceptors (Lipinski definition) is 6. The standard InChI is InChI=1S/C22H25N7OS/c30-22-23-12-16(26-22)9-14-11-24-29-20(25-15-3-4-15)10-18(27-21(14)29)19-6-5-17(31-19)13-28-7-1-2-8-28/h5-6,10-12,15,25H,1-4,7-9,13H2,(H2,23,26,30). The van der Waals surface area contributed by atoms with E-state index in [1.54, 1.807) is 6.20 Å². The fraction of sp³-hybridized carbons (Fsp3) is 0.409. The highest BCUT2D eigenvalue weighted by molar-refractivity contribution is 7.15. The zero-order valence-electron chi connectivity index (χ0n) is 17.2. The molecule has 4 aromatic rings. The number of aromatic nitrogens is 5. The largest absolute Gasteiger partial charge is 0.367 e. The van der Waals surface area contributed by atoms with Gasteiger partial charge in [-0.1, -0.05) is 0 Å². The van der Waals surface area contributed by atoms with Crippen LogP contribution in [0.15, 0.2) is 35.4 Å². The van der Waals surface area contributed by atoms with Crippen LogP contribution < -0.4 is 11.0 Å². The zero-order valence-corrected chi connectivity index (χ0v) is 18.0. The van der Waals surface area contributed by atoms with E-state index in [1.807, 2.05) is 22.0 Å². The summed E-state index contributed by atoms with van der Waals surface area (Å²) in [7, 11) is 0. The lowest BCUT2D eigenvalue weighted by atomic mass is 10.2. The Morgan fingerprint density at radius 3 is 2.87 bits per heavy atom. The van der Waals surface area contributed by atoms with E-state index >= 15 is 0 Å². The molecule has 9 heteroatoms. The van der Waals surface area contributed by atoms with Gasteiger partial charge in [-0.25, -0.2) is 9.78 Å². The zero-order chi connectivity index (χ0) is 20.8. The summed E-state index contributed by atoms with van der Waals surface area (Å²) >= 11 is 1.83. The molecule has 1 aliphatic heterocycles. The molecule has 3 N–H and O–H groups in total. The van der Waals surface area contributed by atoms with Gasteiger partial charge in [0.2, 0.25) is 0 Å². The summed E-state index contributed by atoms with van der Waals surface area (Å²) in [6.07, 6.45) is 9.14. The van der Waals surface area contributed by atoms with Gasteiger partial charge in [-0.05, 0) is 50.9 Å². The third kappa shape index (κ3) is 3.90. The van der Waals surface area contributed by atoms with Gasteiger partial charge < -0.3 is 15.3 Å². The number of nitrogens with zero attached hydrogens (tertiary/aromatic N) is 4. The number of nitrogens with one attached hydrogen (secondary N) is 3. The highest BCUT2D eigenvalue weighted by atomic mass is 32.1. The van der Waals surface area contributed by atoms with Crippen LogP contribution in [0.25, 0.3) is 16.2 Å². The van der Waals surface area contributed by atoms with Gasteiger partial charge in [-0.15, -0.1) is 11.3 Å². The number of hydrogen-bond donors (Lipinski definition) is 3. The maximum absolute atomic E-state index is 11.5. The summed E-state index contributed by atoms with van der Waals surface area (Å²) in [5, 5.41) is 8.21. The lowest BCUT2D eigenvalue weighted by Crippen LogP contribution is -2.17. The number of rotatable bonds is 7. The average Bonchev–Trinajstić information content (AvgIpc) is 3.22. The minimum atomic E-state index is -0.194. The van der Waals surface area contributed by atoms with Crippen molar-refractivity contribution in [1.82, 2.24) is 29.5 Å². The molecule has 2 fully saturated rings. The fourth-order valence-electron chi connectivity index (χ4n) is 4.23. The minimum absolute atomic E-state index is 0.194. The van der Waals surface area contributed by atoms with Crippen LogP contribution in [-0.2, 0) is 13.0 Å². The Morgan fingerprint density at radius 1 is 1.23 bits per heavy atom. The Labute approximate surface area is 183 Å². The molecule has 5 heterocycles. The number of thiophene rings is 1. The Hall–Kier alpha value is -2.91. The SMILES string of the molecule is O=c1[nH]cc(Cc2cnn3c(NC4CC4)cc(-c4ccc(CN5CCCC5)s4)nc23)[nH]1. The molecule has 1 saturated heterocycles. The van der Waals surface area contributed by atoms with Gasteiger partial charge in [0.1, 0.15) is 5.82 Å². The van der Waals surface area contributed by atoms with Crippen molar-refractivity contribution < 1.29 is 0 Å². The molecule has 8 nitrogen and oxygen atoms in total. The lowest BCUT2D eigenvalue weighted by molar-refractivity contribution is 0.334. The Bertz CT molecular complexity index is 1270. The molecule has 0 atom stereocenters.